The molecule has 2 aromatic heterocycles. The third kappa shape index (κ3) is 3.77. The van der Waals surface area contributed by atoms with E-state index in [0.717, 1.165) is 0 Å². The summed E-state index contributed by atoms with van der Waals surface area (Å²) in [5.41, 5.74) is 12.4. The van der Waals surface area contributed by atoms with Crippen molar-refractivity contribution in [2.24, 2.45) is 0 Å². The van der Waals surface area contributed by atoms with Crippen LogP contribution in [0, 0.1) is 0 Å². The van der Waals surface area contributed by atoms with Crippen molar-refractivity contribution in [2.75, 3.05) is 25.7 Å². The number of nitrogens with two attached hydrogens (primary N) is 2. The Morgan fingerprint density at radius 2 is 1.72 bits per heavy atom. The molecule has 0 radical (unpaired) electrons. The Bertz CT molecular complexity index is 1090. The number of rotatable bonds is 5. The molecule has 0 aliphatic heterocycles. The number of nitrogens with zero attached hydrogens (tertiary/aromatic N) is 4. The minimum atomic E-state index is -1.09. The molecule has 0 bridgehead atoms. The molecule has 0 aliphatic carbocycles. The summed E-state index contributed by atoms with van der Waals surface area (Å²) < 4.78 is 9.73. The van der Waals surface area contributed by atoms with E-state index in [1.54, 1.807) is 31.2 Å². The van der Waals surface area contributed by atoms with Gasteiger partial charge in [-0.1, -0.05) is 12.1 Å². The van der Waals surface area contributed by atoms with Crippen LogP contribution < -0.4 is 11.5 Å². The number of benzene rings is 1. The maximum Gasteiger partial charge on any atom is 0.337 e. The number of nitrogen functional groups attached to an aromatic ring is 2. The monoisotopic (exact) mass is 396 g/mol. The van der Waals surface area contributed by atoms with Gasteiger partial charge in [0.2, 0.25) is 5.95 Å². The van der Waals surface area contributed by atoms with Crippen LogP contribution in [-0.4, -0.2) is 46.1 Å². The Morgan fingerprint density at radius 1 is 1.03 bits per heavy atom. The number of carbonyl (C=O) groups is 2. The Kier molecular flexibility index (Phi) is 5.26. The van der Waals surface area contributed by atoms with Crippen molar-refractivity contribution in [3.63, 3.8) is 0 Å². The first kappa shape index (κ1) is 19.9. The highest BCUT2D eigenvalue weighted by atomic mass is 16.5. The van der Waals surface area contributed by atoms with Gasteiger partial charge in [-0.15, -0.1) is 0 Å². The van der Waals surface area contributed by atoms with E-state index < -0.39 is 17.4 Å². The van der Waals surface area contributed by atoms with Crippen LogP contribution in [-0.2, 0) is 26.1 Å². The molecule has 1 aromatic carbocycles. The second-order valence-corrected chi connectivity index (χ2v) is 6.57. The van der Waals surface area contributed by atoms with Gasteiger partial charge in [-0.3, -0.25) is 4.79 Å². The minimum absolute atomic E-state index is 0.00199. The zero-order valence-electron chi connectivity index (χ0n) is 16.2. The Labute approximate surface area is 166 Å². The van der Waals surface area contributed by atoms with E-state index in [9.17, 15) is 9.59 Å². The number of hydrogen-bond donors (Lipinski definition) is 2. The molecule has 0 fully saturated rings. The van der Waals surface area contributed by atoms with Gasteiger partial charge in [0.05, 0.1) is 37.1 Å². The molecule has 3 aromatic rings. The summed E-state index contributed by atoms with van der Waals surface area (Å²) in [6, 6.07) is 6.53. The summed E-state index contributed by atoms with van der Waals surface area (Å²) in [6.45, 7) is 1.72. The van der Waals surface area contributed by atoms with Gasteiger partial charge in [0.1, 0.15) is 0 Å². The number of hydrogen-bond acceptors (Lipinski definition) is 10. The van der Waals surface area contributed by atoms with Crippen LogP contribution in [0.1, 0.15) is 28.5 Å². The van der Waals surface area contributed by atoms with Crippen molar-refractivity contribution in [3.05, 3.63) is 47.3 Å². The average molecular weight is 396 g/mol. The molecular weight excluding hydrogens is 376 g/mol. The quantitative estimate of drug-likeness (QED) is 0.597. The number of fused-ring (bicyclic) bond motifs is 1. The standard InChI is InChI=1S/C19H20N6O4/c1-19(17(27)29-3,11-6-4-10(5-7-11)16(26)28-2)8-12-9-22-15-13(23-12)14(20)24-18(21)25-15/h4-7,9H,8H2,1-3H3,(H4,20,21,22,24,25). The maximum absolute atomic E-state index is 12.7. The molecule has 0 aliphatic rings. The second-order valence-electron chi connectivity index (χ2n) is 6.57. The fraction of sp³-hybridized carbons (Fsp3) is 0.263. The molecule has 10 nitrogen and oxygen atoms in total. The average Bonchev–Trinajstić information content (AvgIpc) is 2.72. The van der Waals surface area contributed by atoms with E-state index in [4.69, 9.17) is 20.9 Å². The zero-order chi connectivity index (χ0) is 21.2. The Balaban J connectivity index is 2.02. The van der Waals surface area contributed by atoms with E-state index in [-0.39, 0.29) is 23.8 Å². The van der Waals surface area contributed by atoms with Gasteiger partial charge in [-0.25, -0.2) is 14.8 Å². The van der Waals surface area contributed by atoms with E-state index in [0.29, 0.717) is 22.3 Å². The minimum Gasteiger partial charge on any atom is -0.468 e. The third-order valence-electron chi connectivity index (χ3n) is 4.61. The van der Waals surface area contributed by atoms with Crippen LogP contribution in [0.4, 0.5) is 11.8 Å². The van der Waals surface area contributed by atoms with Gasteiger partial charge in [0.25, 0.3) is 0 Å². The van der Waals surface area contributed by atoms with Crippen molar-refractivity contribution < 1.29 is 19.1 Å². The molecule has 1 atom stereocenters. The SMILES string of the molecule is COC(=O)c1ccc(C(C)(Cc2cnc3nc(N)nc(N)c3n2)C(=O)OC)cc1. The van der Waals surface area contributed by atoms with Crippen molar-refractivity contribution in [3.8, 4) is 0 Å². The molecule has 150 valence electrons. The lowest BCUT2D eigenvalue weighted by molar-refractivity contribution is -0.147. The predicted molar refractivity (Wildman–Crippen MR) is 105 cm³/mol. The smallest absolute Gasteiger partial charge is 0.337 e. The van der Waals surface area contributed by atoms with Gasteiger partial charge in [0, 0.05) is 6.42 Å². The van der Waals surface area contributed by atoms with Crippen LogP contribution in [0.25, 0.3) is 11.2 Å². The molecular formula is C19H20N6O4. The van der Waals surface area contributed by atoms with Gasteiger partial charge < -0.3 is 20.9 Å². The van der Waals surface area contributed by atoms with E-state index >= 15 is 0 Å². The maximum atomic E-state index is 12.7. The summed E-state index contributed by atoms with van der Waals surface area (Å²) in [4.78, 5) is 40.9. The summed E-state index contributed by atoms with van der Waals surface area (Å²) in [6.07, 6.45) is 1.67. The number of esters is 2. The van der Waals surface area contributed by atoms with Crippen LogP contribution in [0.15, 0.2) is 30.5 Å². The topological polar surface area (TPSA) is 156 Å². The first-order chi connectivity index (χ1) is 13.8. The second kappa shape index (κ2) is 7.66. The first-order valence-corrected chi connectivity index (χ1v) is 8.60. The normalized spacial score (nSPS) is 12.9. The Hall–Kier alpha value is -3.82. The lowest BCUT2D eigenvalue weighted by Crippen LogP contribution is -2.36. The van der Waals surface area contributed by atoms with Gasteiger partial charge >= 0.3 is 11.9 Å². The van der Waals surface area contributed by atoms with Crippen molar-refractivity contribution in [1.82, 2.24) is 19.9 Å². The van der Waals surface area contributed by atoms with Crippen LogP contribution >= 0.6 is 0 Å². The zero-order valence-corrected chi connectivity index (χ0v) is 16.2. The molecule has 1 unspecified atom stereocenters. The van der Waals surface area contributed by atoms with Crippen LogP contribution in [0.3, 0.4) is 0 Å². The largest absolute Gasteiger partial charge is 0.468 e. The van der Waals surface area contributed by atoms with Crippen molar-refractivity contribution in [1.29, 1.82) is 0 Å². The van der Waals surface area contributed by atoms with Crippen LogP contribution in [0.5, 0.6) is 0 Å². The highest BCUT2D eigenvalue weighted by Gasteiger charge is 2.37. The number of aromatic nitrogens is 4. The molecule has 0 spiro atoms. The molecule has 0 saturated carbocycles. The predicted octanol–water partition coefficient (Wildman–Crippen LogP) is 1.04. The molecule has 10 heteroatoms. The molecule has 0 amide bonds. The van der Waals surface area contributed by atoms with E-state index in [1.807, 2.05) is 0 Å². The number of carbonyl (C=O) groups excluding carboxylic acids is 2. The lowest BCUT2D eigenvalue weighted by atomic mass is 9.78. The van der Waals surface area contributed by atoms with Gasteiger partial charge in [-0.05, 0) is 24.6 Å². The third-order valence-corrected chi connectivity index (χ3v) is 4.61. The number of ether oxygens (including phenoxy) is 2. The molecule has 0 saturated heterocycles. The summed E-state index contributed by atoms with van der Waals surface area (Å²) in [5.74, 6) is -0.829. The molecule has 29 heavy (non-hydrogen) atoms. The highest BCUT2D eigenvalue weighted by Crippen LogP contribution is 2.30. The molecule has 3 rings (SSSR count). The van der Waals surface area contributed by atoms with E-state index in [1.165, 1.54) is 20.4 Å². The van der Waals surface area contributed by atoms with E-state index in [2.05, 4.69) is 19.9 Å². The Morgan fingerprint density at radius 3 is 2.34 bits per heavy atom. The van der Waals surface area contributed by atoms with Crippen LogP contribution in [0.2, 0.25) is 0 Å². The summed E-state index contributed by atoms with van der Waals surface area (Å²) >= 11 is 0. The summed E-state index contributed by atoms with van der Waals surface area (Å²) in [5, 5.41) is 0. The highest BCUT2D eigenvalue weighted by molar-refractivity contribution is 5.90. The fourth-order valence-electron chi connectivity index (χ4n) is 3.04. The van der Waals surface area contributed by atoms with Gasteiger partial charge in [0.15, 0.2) is 17.0 Å². The lowest BCUT2D eigenvalue weighted by Gasteiger charge is -2.27. The molecule has 4 N–H and O–H groups in total. The fourth-order valence-corrected chi connectivity index (χ4v) is 3.04. The number of methoxy groups -OCH3 is 2. The first-order valence-electron chi connectivity index (χ1n) is 8.60. The van der Waals surface area contributed by atoms with Crippen molar-refractivity contribution in [2.45, 2.75) is 18.8 Å². The molecule has 2 heterocycles. The number of anilines is 2. The van der Waals surface area contributed by atoms with Crippen molar-refractivity contribution >= 4 is 34.9 Å². The van der Waals surface area contributed by atoms with Gasteiger partial charge in [-0.2, -0.15) is 9.97 Å². The summed E-state index contributed by atoms with van der Waals surface area (Å²) in [7, 11) is 2.61.